The molecule has 2 aromatic rings. The van der Waals surface area contributed by atoms with E-state index < -0.39 is 0 Å². The van der Waals surface area contributed by atoms with Crippen molar-refractivity contribution in [2.45, 2.75) is 6.92 Å². The van der Waals surface area contributed by atoms with Gasteiger partial charge in [-0.3, -0.25) is 0 Å². The number of hydrogen-bond acceptors (Lipinski definition) is 4. The summed E-state index contributed by atoms with van der Waals surface area (Å²) in [6, 6.07) is 11.3. The molecule has 0 radical (unpaired) electrons. The van der Waals surface area contributed by atoms with Gasteiger partial charge in [-0.2, -0.15) is 5.26 Å². The van der Waals surface area contributed by atoms with E-state index in [-0.39, 0.29) is 0 Å². The fraction of sp³-hybridized carbons (Fsp3) is 0.143. The Bertz CT molecular complexity index is 605. The van der Waals surface area contributed by atoms with Crippen LogP contribution in [0.2, 0.25) is 0 Å². The molecule has 1 N–H and O–H groups in total. The van der Waals surface area contributed by atoms with Gasteiger partial charge in [-0.15, -0.1) is 0 Å². The summed E-state index contributed by atoms with van der Waals surface area (Å²) in [6.45, 7) is 2.58. The second-order valence-corrected chi connectivity index (χ2v) is 4.66. The van der Waals surface area contributed by atoms with Crippen molar-refractivity contribution in [2.75, 3.05) is 11.9 Å². The monoisotopic (exact) mass is 317 g/mol. The molecule has 1 aromatic carbocycles. The maximum absolute atomic E-state index is 9.06. The van der Waals surface area contributed by atoms with Crippen molar-refractivity contribution in [1.29, 1.82) is 5.26 Å². The van der Waals surface area contributed by atoms with E-state index in [4.69, 9.17) is 10.00 Å². The predicted molar refractivity (Wildman–Crippen MR) is 77.5 cm³/mol. The first-order valence-corrected chi connectivity index (χ1v) is 6.57. The summed E-state index contributed by atoms with van der Waals surface area (Å²) in [4.78, 5) is 4.19. The van der Waals surface area contributed by atoms with Gasteiger partial charge in [-0.1, -0.05) is 0 Å². The average molecular weight is 318 g/mol. The molecule has 0 fully saturated rings. The van der Waals surface area contributed by atoms with Crippen LogP contribution in [-0.4, -0.2) is 11.6 Å². The number of hydrogen-bond donors (Lipinski definition) is 1. The summed E-state index contributed by atoms with van der Waals surface area (Å²) in [5.41, 5.74) is 1.35. The number of anilines is 2. The Hall–Kier alpha value is -2.06. The molecule has 0 saturated heterocycles. The largest absolute Gasteiger partial charge is 0.494 e. The van der Waals surface area contributed by atoms with E-state index in [1.165, 1.54) is 0 Å². The van der Waals surface area contributed by atoms with Crippen LogP contribution in [0.1, 0.15) is 12.5 Å². The zero-order chi connectivity index (χ0) is 13.7. The Labute approximate surface area is 120 Å². The summed E-state index contributed by atoms with van der Waals surface area (Å²) in [5.74, 6) is 1.35. The summed E-state index contributed by atoms with van der Waals surface area (Å²) >= 11 is 3.29. The van der Waals surface area contributed by atoms with Crippen molar-refractivity contribution in [2.24, 2.45) is 0 Å². The lowest BCUT2D eigenvalue weighted by Gasteiger charge is -2.08. The molecule has 0 bridgehead atoms. The van der Waals surface area contributed by atoms with Crippen LogP contribution in [0.15, 0.2) is 41.0 Å². The van der Waals surface area contributed by atoms with Crippen LogP contribution in [-0.2, 0) is 0 Å². The molecule has 0 amide bonds. The highest BCUT2D eigenvalue weighted by Gasteiger charge is 2.05. The summed E-state index contributed by atoms with van der Waals surface area (Å²) < 4.78 is 6.15. The van der Waals surface area contributed by atoms with Gasteiger partial charge in [-0.25, -0.2) is 4.98 Å². The first-order valence-electron chi connectivity index (χ1n) is 5.78. The van der Waals surface area contributed by atoms with Gasteiger partial charge in [0.1, 0.15) is 17.6 Å². The molecular formula is C14H12BrN3O. The Morgan fingerprint density at radius 3 is 2.74 bits per heavy atom. The molecule has 1 aromatic heterocycles. The molecule has 5 heteroatoms. The highest BCUT2D eigenvalue weighted by Crippen LogP contribution is 2.22. The van der Waals surface area contributed by atoms with E-state index in [1.54, 1.807) is 12.3 Å². The summed E-state index contributed by atoms with van der Waals surface area (Å²) in [6.07, 6.45) is 1.65. The minimum Gasteiger partial charge on any atom is -0.494 e. The second kappa shape index (κ2) is 6.21. The van der Waals surface area contributed by atoms with Gasteiger partial charge < -0.3 is 10.1 Å². The molecule has 0 aliphatic heterocycles. The SMILES string of the molecule is CCOc1ccc(Nc2ncc(Br)cc2C#N)cc1. The molecule has 0 saturated carbocycles. The highest BCUT2D eigenvalue weighted by atomic mass is 79.9. The van der Waals surface area contributed by atoms with Gasteiger partial charge in [0.05, 0.1) is 12.2 Å². The molecular weight excluding hydrogens is 306 g/mol. The number of ether oxygens (including phenoxy) is 1. The van der Waals surface area contributed by atoms with Crippen molar-refractivity contribution >= 4 is 27.4 Å². The molecule has 96 valence electrons. The maximum Gasteiger partial charge on any atom is 0.148 e. The Morgan fingerprint density at radius 2 is 2.11 bits per heavy atom. The number of rotatable bonds is 4. The zero-order valence-corrected chi connectivity index (χ0v) is 11.9. The summed E-state index contributed by atoms with van der Waals surface area (Å²) in [7, 11) is 0. The van der Waals surface area contributed by atoms with E-state index >= 15 is 0 Å². The molecule has 4 nitrogen and oxygen atoms in total. The minimum absolute atomic E-state index is 0.489. The number of halogens is 1. The van der Waals surface area contributed by atoms with Crippen molar-refractivity contribution in [3.05, 3.63) is 46.6 Å². The molecule has 19 heavy (non-hydrogen) atoms. The maximum atomic E-state index is 9.06. The van der Waals surface area contributed by atoms with Gasteiger partial charge in [0.2, 0.25) is 0 Å². The third-order valence-corrected chi connectivity index (χ3v) is 2.84. The lowest BCUT2D eigenvalue weighted by molar-refractivity contribution is 0.340. The van der Waals surface area contributed by atoms with Crippen LogP contribution in [0.4, 0.5) is 11.5 Å². The number of nitrogens with zero attached hydrogens (tertiary/aromatic N) is 2. The topological polar surface area (TPSA) is 57.9 Å². The first kappa shape index (κ1) is 13.4. The van der Waals surface area contributed by atoms with E-state index in [0.717, 1.165) is 15.9 Å². The van der Waals surface area contributed by atoms with Crippen LogP contribution in [0.25, 0.3) is 0 Å². The number of nitrogens with one attached hydrogen (secondary N) is 1. The Morgan fingerprint density at radius 1 is 1.37 bits per heavy atom. The fourth-order valence-corrected chi connectivity index (χ4v) is 1.89. The van der Waals surface area contributed by atoms with Crippen LogP contribution < -0.4 is 10.1 Å². The lowest BCUT2D eigenvalue weighted by Crippen LogP contribution is -1.97. The van der Waals surface area contributed by atoms with Gasteiger partial charge in [0.15, 0.2) is 0 Å². The molecule has 0 atom stereocenters. The van der Waals surface area contributed by atoms with E-state index in [1.807, 2.05) is 31.2 Å². The predicted octanol–water partition coefficient (Wildman–Crippen LogP) is 3.86. The van der Waals surface area contributed by atoms with E-state index in [9.17, 15) is 0 Å². The third-order valence-electron chi connectivity index (χ3n) is 2.40. The number of aromatic nitrogens is 1. The lowest BCUT2D eigenvalue weighted by atomic mass is 10.2. The smallest absolute Gasteiger partial charge is 0.148 e. The first-order chi connectivity index (χ1) is 9.22. The summed E-state index contributed by atoms with van der Waals surface area (Å²) in [5, 5.41) is 12.2. The third kappa shape index (κ3) is 3.46. The van der Waals surface area contributed by atoms with Gasteiger partial charge in [0, 0.05) is 16.4 Å². The quantitative estimate of drug-likeness (QED) is 0.930. The van der Waals surface area contributed by atoms with E-state index in [2.05, 4.69) is 32.3 Å². The molecule has 0 unspecified atom stereocenters. The van der Waals surface area contributed by atoms with Crippen LogP contribution >= 0.6 is 15.9 Å². The van der Waals surface area contributed by atoms with Crippen LogP contribution in [0, 0.1) is 11.3 Å². The van der Waals surface area contributed by atoms with E-state index in [0.29, 0.717) is 18.0 Å². The Balaban J connectivity index is 2.19. The van der Waals surface area contributed by atoms with Gasteiger partial charge in [0.25, 0.3) is 0 Å². The van der Waals surface area contributed by atoms with Crippen LogP contribution in [0.3, 0.4) is 0 Å². The highest BCUT2D eigenvalue weighted by molar-refractivity contribution is 9.10. The van der Waals surface area contributed by atoms with Gasteiger partial charge >= 0.3 is 0 Å². The van der Waals surface area contributed by atoms with Gasteiger partial charge in [-0.05, 0) is 53.2 Å². The zero-order valence-electron chi connectivity index (χ0n) is 10.4. The molecule has 2 rings (SSSR count). The van der Waals surface area contributed by atoms with Crippen molar-refractivity contribution < 1.29 is 4.74 Å². The Kier molecular flexibility index (Phi) is 4.37. The minimum atomic E-state index is 0.489. The normalized spacial score (nSPS) is 9.74. The van der Waals surface area contributed by atoms with Crippen molar-refractivity contribution in [3.8, 4) is 11.8 Å². The molecule has 0 aliphatic carbocycles. The molecule has 1 heterocycles. The fourth-order valence-electron chi connectivity index (χ4n) is 1.56. The number of pyridine rings is 1. The standard InChI is InChI=1S/C14H12BrN3O/c1-2-19-13-5-3-12(4-6-13)18-14-10(8-16)7-11(15)9-17-14/h3-7,9H,2H2,1H3,(H,17,18). The number of benzene rings is 1. The molecule has 0 spiro atoms. The van der Waals surface area contributed by atoms with Crippen molar-refractivity contribution in [1.82, 2.24) is 4.98 Å². The van der Waals surface area contributed by atoms with Crippen LogP contribution in [0.5, 0.6) is 5.75 Å². The number of nitriles is 1. The second-order valence-electron chi connectivity index (χ2n) is 3.74. The average Bonchev–Trinajstić information content (AvgIpc) is 2.43. The molecule has 0 aliphatic rings. The van der Waals surface area contributed by atoms with Crippen molar-refractivity contribution in [3.63, 3.8) is 0 Å².